The Kier molecular flexibility index (Phi) is 5.64. The van der Waals surface area contributed by atoms with Gasteiger partial charge >= 0.3 is 0 Å². The van der Waals surface area contributed by atoms with Crippen LogP contribution in [-0.4, -0.2) is 13.7 Å². The summed E-state index contributed by atoms with van der Waals surface area (Å²) in [6.45, 7) is 0. The zero-order valence-electron chi connectivity index (χ0n) is 26.2. The lowest BCUT2D eigenvalue weighted by Gasteiger charge is -2.18. The summed E-state index contributed by atoms with van der Waals surface area (Å²) in [5.41, 5.74) is 9.85. The standard InChI is InChI=1S/C44H25N5/c45-26-28-22-43(48-38-19-9-4-14-31(38)32-15-5-10-20-39(32)48)44(23-29(28)27-46)49-40-21-11-7-17-34(40)36-24-41-35(25-42(36)49)33-16-6-8-18-37(33)47(41)30-12-2-1-3-13-30/h1-25H. The van der Waals surface area contributed by atoms with E-state index in [0.29, 0.717) is 11.1 Å². The molecule has 0 spiro atoms. The van der Waals surface area contributed by atoms with Gasteiger partial charge in [0.2, 0.25) is 0 Å². The average molecular weight is 624 g/mol. The molecule has 0 unspecified atom stereocenters. The molecule has 0 atom stereocenters. The van der Waals surface area contributed by atoms with Gasteiger partial charge in [-0.15, -0.1) is 0 Å². The fourth-order valence-corrected chi connectivity index (χ4v) is 7.85. The van der Waals surface area contributed by atoms with Crippen LogP contribution in [0.4, 0.5) is 0 Å². The van der Waals surface area contributed by atoms with Gasteiger partial charge in [0.05, 0.1) is 55.6 Å². The van der Waals surface area contributed by atoms with E-state index in [9.17, 15) is 10.5 Å². The highest BCUT2D eigenvalue weighted by molar-refractivity contribution is 6.19. The second-order valence-electron chi connectivity index (χ2n) is 12.4. The maximum Gasteiger partial charge on any atom is 0.101 e. The van der Waals surface area contributed by atoms with Gasteiger partial charge in [0.25, 0.3) is 0 Å². The van der Waals surface area contributed by atoms with Gasteiger partial charge in [-0.2, -0.15) is 10.5 Å². The van der Waals surface area contributed by atoms with Crippen LogP contribution in [0.15, 0.2) is 152 Å². The van der Waals surface area contributed by atoms with Gasteiger partial charge in [0.15, 0.2) is 0 Å². The van der Waals surface area contributed by atoms with E-state index >= 15 is 0 Å². The van der Waals surface area contributed by atoms with E-state index in [-0.39, 0.29) is 0 Å². The van der Waals surface area contributed by atoms with E-state index in [0.717, 1.165) is 77.1 Å². The number of aromatic nitrogens is 3. The van der Waals surface area contributed by atoms with Gasteiger partial charge in [-0.3, -0.25) is 0 Å². The molecule has 0 bridgehead atoms. The van der Waals surface area contributed by atoms with Crippen LogP contribution in [-0.2, 0) is 0 Å². The van der Waals surface area contributed by atoms with Gasteiger partial charge in [-0.05, 0) is 60.7 Å². The maximum atomic E-state index is 10.3. The molecule has 0 N–H and O–H groups in total. The topological polar surface area (TPSA) is 62.4 Å². The predicted molar refractivity (Wildman–Crippen MR) is 199 cm³/mol. The summed E-state index contributed by atoms with van der Waals surface area (Å²) >= 11 is 0. The molecule has 3 heterocycles. The third-order valence-electron chi connectivity index (χ3n) is 9.90. The van der Waals surface area contributed by atoms with Crippen molar-refractivity contribution in [2.75, 3.05) is 0 Å². The van der Waals surface area contributed by atoms with Crippen LogP contribution >= 0.6 is 0 Å². The maximum absolute atomic E-state index is 10.3. The Morgan fingerprint density at radius 2 is 0.673 bits per heavy atom. The van der Waals surface area contributed by atoms with E-state index in [1.54, 1.807) is 0 Å². The molecule has 3 aromatic heterocycles. The van der Waals surface area contributed by atoms with Crippen molar-refractivity contribution in [3.05, 3.63) is 163 Å². The Hall–Kier alpha value is -7.08. The lowest BCUT2D eigenvalue weighted by Crippen LogP contribution is -2.05. The molecule has 5 heteroatoms. The Morgan fingerprint density at radius 1 is 0.327 bits per heavy atom. The lowest BCUT2D eigenvalue weighted by atomic mass is 10.1. The van der Waals surface area contributed by atoms with Crippen molar-refractivity contribution in [1.82, 2.24) is 13.7 Å². The minimum Gasteiger partial charge on any atom is -0.309 e. The Bertz CT molecular complexity index is 3020. The molecule has 0 saturated carbocycles. The second-order valence-corrected chi connectivity index (χ2v) is 12.4. The number of hydrogen-bond acceptors (Lipinski definition) is 2. The summed E-state index contributed by atoms with van der Waals surface area (Å²) in [6, 6.07) is 57.3. The summed E-state index contributed by atoms with van der Waals surface area (Å²) < 4.78 is 6.86. The summed E-state index contributed by atoms with van der Waals surface area (Å²) in [6.07, 6.45) is 0. The fourth-order valence-electron chi connectivity index (χ4n) is 7.85. The molecule has 5 nitrogen and oxygen atoms in total. The zero-order valence-corrected chi connectivity index (χ0v) is 26.2. The van der Waals surface area contributed by atoms with Crippen LogP contribution in [0, 0.1) is 22.7 Å². The highest BCUT2D eigenvalue weighted by atomic mass is 15.1. The number of nitriles is 2. The first-order chi connectivity index (χ1) is 24.2. The molecule has 226 valence electrons. The molecular weight excluding hydrogens is 599 g/mol. The van der Waals surface area contributed by atoms with E-state index in [1.165, 1.54) is 5.39 Å². The third-order valence-corrected chi connectivity index (χ3v) is 9.90. The van der Waals surface area contributed by atoms with Gasteiger partial charge in [-0.25, -0.2) is 0 Å². The van der Waals surface area contributed by atoms with E-state index < -0.39 is 0 Å². The van der Waals surface area contributed by atoms with Crippen molar-refractivity contribution >= 4 is 65.4 Å². The van der Waals surface area contributed by atoms with Gasteiger partial charge < -0.3 is 13.7 Å². The highest BCUT2D eigenvalue weighted by Crippen LogP contribution is 2.42. The smallest absolute Gasteiger partial charge is 0.101 e. The monoisotopic (exact) mass is 623 g/mol. The predicted octanol–water partition coefficient (Wildman–Crippen LogP) is 10.7. The van der Waals surface area contributed by atoms with Crippen LogP contribution in [0.3, 0.4) is 0 Å². The summed E-state index contributed by atoms with van der Waals surface area (Å²) in [5, 5.41) is 27.4. The Balaban J connectivity index is 1.39. The molecule has 0 aliphatic carbocycles. The highest BCUT2D eigenvalue weighted by Gasteiger charge is 2.23. The molecule has 0 saturated heterocycles. The minimum atomic E-state index is 0.342. The number of fused-ring (bicyclic) bond motifs is 9. The molecule has 10 aromatic rings. The quantitative estimate of drug-likeness (QED) is 0.197. The molecule has 7 aromatic carbocycles. The second kappa shape index (κ2) is 10.2. The SMILES string of the molecule is N#Cc1cc(-n2c3ccccc3c3ccccc32)c(-n2c3ccccc3c3cc4c(cc32)c2ccccc2n4-c2ccccc2)cc1C#N. The molecule has 0 aliphatic rings. The molecule has 10 rings (SSSR count). The first-order valence-electron chi connectivity index (χ1n) is 16.2. The van der Waals surface area contributed by atoms with Gasteiger partial charge in [-0.1, -0.05) is 91.0 Å². The molecule has 0 radical (unpaired) electrons. The fraction of sp³-hybridized carbons (Fsp3) is 0. The number of benzene rings is 7. The van der Waals surface area contributed by atoms with Crippen molar-refractivity contribution in [2.24, 2.45) is 0 Å². The molecule has 0 fully saturated rings. The van der Waals surface area contributed by atoms with E-state index in [1.807, 2.05) is 30.3 Å². The third kappa shape index (κ3) is 3.73. The molecule has 0 amide bonds. The number of para-hydroxylation sites is 5. The number of nitrogens with zero attached hydrogens (tertiary/aromatic N) is 5. The molecular formula is C44H25N5. The summed E-state index contributed by atoms with van der Waals surface area (Å²) in [7, 11) is 0. The van der Waals surface area contributed by atoms with E-state index in [2.05, 4.69) is 147 Å². The normalized spacial score (nSPS) is 11.6. The van der Waals surface area contributed by atoms with Crippen LogP contribution in [0.1, 0.15) is 11.1 Å². The van der Waals surface area contributed by atoms with Crippen LogP contribution in [0.2, 0.25) is 0 Å². The van der Waals surface area contributed by atoms with Crippen molar-refractivity contribution in [3.63, 3.8) is 0 Å². The lowest BCUT2D eigenvalue weighted by molar-refractivity contribution is 1.09. The van der Waals surface area contributed by atoms with Crippen LogP contribution in [0.5, 0.6) is 0 Å². The van der Waals surface area contributed by atoms with Gasteiger partial charge in [0.1, 0.15) is 12.1 Å². The van der Waals surface area contributed by atoms with E-state index in [4.69, 9.17) is 0 Å². The van der Waals surface area contributed by atoms with Crippen molar-refractivity contribution < 1.29 is 0 Å². The largest absolute Gasteiger partial charge is 0.309 e. The van der Waals surface area contributed by atoms with Crippen molar-refractivity contribution in [2.45, 2.75) is 0 Å². The first-order valence-corrected chi connectivity index (χ1v) is 16.2. The van der Waals surface area contributed by atoms with Crippen molar-refractivity contribution in [3.8, 4) is 29.2 Å². The Morgan fingerprint density at radius 3 is 1.12 bits per heavy atom. The van der Waals surface area contributed by atoms with Crippen LogP contribution < -0.4 is 0 Å². The van der Waals surface area contributed by atoms with Crippen LogP contribution in [0.25, 0.3) is 82.5 Å². The zero-order chi connectivity index (χ0) is 32.6. The molecule has 0 aliphatic heterocycles. The minimum absolute atomic E-state index is 0.342. The number of hydrogen-bond donors (Lipinski definition) is 0. The summed E-state index contributed by atoms with van der Waals surface area (Å²) in [4.78, 5) is 0. The first kappa shape index (κ1) is 27.1. The average Bonchev–Trinajstić information content (AvgIpc) is 3.79. The molecule has 49 heavy (non-hydrogen) atoms. The van der Waals surface area contributed by atoms with Crippen molar-refractivity contribution in [1.29, 1.82) is 10.5 Å². The summed E-state index contributed by atoms with van der Waals surface area (Å²) in [5.74, 6) is 0. The Labute approximate surface area is 280 Å². The number of rotatable bonds is 3. The van der Waals surface area contributed by atoms with Gasteiger partial charge in [0, 0.05) is 38.0 Å².